The number of hydrogen-bond acceptors (Lipinski definition) is 2. The Kier molecular flexibility index (Phi) is 5.28. The first kappa shape index (κ1) is 17.3. The van der Waals surface area contributed by atoms with Gasteiger partial charge < -0.3 is 10.1 Å². The molecule has 0 radical (unpaired) electrons. The molecule has 0 aliphatic carbocycles. The maximum absolute atomic E-state index is 13.3. The molecule has 0 saturated carbocycles. The monoisotopic (exact) mass is 451 g/mol. The summed E-state index contributed by atoms with van der Waals surface area (Å²) in [5.41, 5.74) is 0.777. The number of carbonyl (C=O) groups excluding carboxylic acids is 1. The zero-order chi connectivity index (χ0) is 17.8. The van der Waals surface area contributed by atoms with Crippen LogP contribution in [0, 0.1) is 15.2 Å². The van der Waals surface area contributed by atoms with Gasteiger partial charge in [0.1, 0.15) is 17.4 Å². The highest BCUT2D eigenvalue weighted by Crippen LogP contribution is 2.30. The largest absolute Gasteiger partial charge is 0.455 e. The van der Waals surface area contributed by atoms with Gasteiger partial charge in [0.15, 0.2) is 5.75 Å². The summed E-state index contributed by atoms with van der Waals surface area (Å²) in [6, 6.07) is 16.5. The van der Waals surface area contributed by atoms with Crippen molar-refractivity contribution in [3.05, 3.63) is 87.5 Å². The lowest BCUT2D eigenvalue weighted by Crippen LogP contribution is -2.14. The quantitative estimate of drug-likeness (QED) is 0.524. The molecular weight excluding hydrogens is 439 g/mol. The van der Waals surface area contributed by atoms with E-state index in [9.17, 15) is 13.6 Å². The highest BCUT2D eigenvalue weighted by molar-refractivity contribution is 14.1. The Balaban J connectivity index is 1.84. The molecule has 3 aromatic carbocycles. The third-order valence-corrected chi connectivity index (χ3v) is 4.23. The second-order valence-corrected chi connectivity index (χ2v) is 6.30. The number of benzene rings is 3. The molecule has 0 aliphatic heterocycles. The molecule has 3 aromatic rings. The van der Waals surface area contributed by atoms with Gasteiger partial charge in [-0.05, 0) is 65.1 Å². The number of amides is 1. The number of hydrogen-bond donors (Lipinski definition) is 1. The molecule has 126 valence electrons. The predicted molar refractivity (Wildman–Crippen MR) is 100.0 cm³/mol. The number of rotatable bonds is 4. The van der Waals surface area contributed by atoms with Gasteiger partial charge in [-0.2, -0.15) is 0 Å². The summed E-state index contributed by atoms with van der Waals surface area (Å²) in [6.07, 6.45) is 0. The van der Waals surface area contributed by atoms with Crippen molar-refractivity contribution >= 4 is 34.2 Å². The molecule has 3 rings (SSSR count). The van der Waals surface area contributed by atoms with Gasteiger partial charge in [0.05, 0.1) is 11.3 Å². The number of carbonyl (C=O) groups is 1. The third-order valence-electron chi connectivity index (χ3n) is 3.33. The van der Waals surface area contributed by atoms with E-state index in [2.05, 4.69) is 5.32 Å². The summed E-state index contributed by atoms with van der Waals surface area (Å²) < 4.78 is 32.6. The Morgan fingerprint density at radius 1 is 0.920 bits per heavy atom. The number of para-hydroxylation sites is 2. The Hall–Kier alpha value is -2.48. The van der Waals surface area contributed by atoms with E-state index >= 15 is 0 Å². The molecule has 0 unspecified atom stereocenters. The topological polar surface area (TPSA) is 38.3 Å². The summed E-state index contributed by atoms with van der Waals surface area (Å²) in [6.45, 7) is 0. The number of ether oxygens (including phenoxy) is 1. The molecule has 0 heterocycles. The van der Waals surface area contributed by atoms with Crippen LogP contribution in [0.1, 0.15) is 10.4 Å². The maximum Gasteiger partial charge on any atom is 0.256 e. The van der Waals surface area contributed by atoms with Crippen LogP contribution in [0.4, 0.5) is 14.5 Å². The fourth-order valence-electron chi connectivity index (χ4n) is 2.18. The fraction of sp³-hybridized carbons (Fsp3) is 0. The van der Waals surface area contributed by atoms with Gasteiger partial charge >= 0.3 is 0 Å². The fourth-order valence-corrected chi connectivity index (χ4v) is 2.90. The van der Waals surface area contributed by atoms with E-state index in [1.54, 1.807) is 30.3 Å². The zero-order valence-electron chi connectivity index (χ0n) is 12.8. The highest BCUT2D eigenvalue weighted by Gasteiger charge is 2.13. The highest BCUT2D eigenvalue weighted by atomic mass is 127. The molecule has 0 atom stereocenters. The molecule has 1 N–H and O–H groups in total. The van der Waals surface area contributed by atoms with Crippen LogP contribution in [0.25, 0.3) is 0 Å². The van der Waals surface area contributed by atoms with Crippen LogP contribution in [0.2, 0.25) is 0 Å². The van der Waals surface area contributed by atoms with Crippen LogP contribution in [0.15, 0.2) is 66.7 Å². The SMILES string of the molecule is O=C(Nc1ccccc1Oc1cccc(F)c1)c1ccc(F)cc1I. The average molecular weight is 451 g/mol. The third kappa shape index (κ3) is 4.33. The Morgan fingerprint density at radius 2 is 1.68 bits per heavy atom. The molecule has 0 aliphatic rings. The minimum absolute atomic E-state index is 0.318. The van der Waals surface area contributed by atoms with Gasteiger partial charge in [-0.3, -0.25) is 4.79 Å². The molecule has 0 aromatic heterocycles. The number of halogens is 3. The smallest absolute Gasteiger partial charge is 0.256 e. The first-order chi connectivity index (χ1) is 12.0. The van der Waals surface area contributed by atoms with E-state index in [0.717, 1.165) is 0 Å². The summed E-state index contributed by atoms with van der Waals surface area (Å²) in [5, 5.41) is 2.74. The van der Waals surface area contributed by atoms with Crippen LogP contribution < -0.4 is 10.1 Å². The van der Waals surface area contributed by atoms with Crippen molar-refractivity contribution < 1.29 is 18.3 Å². The number of nitrogens with one attached hydrogen (secondary N) is 1. The summed E-state index contributed by atoms with van der Waals surface area (Å²) in [7, 11) is 0. The second kappa shape index (κ2) is 7.60. The van der Waals surface area contributed by atoms with Crippen LogP contribution in [0.5, 0.6) is 11.5 Å². The van der Waals surface area contributed by atoms with Crippen molar-refractivity contribution in [2.75, 3.05) is 5.32 Å². The lowest BCUT2D eigenvalue weighted by atomic mass is 10.2. The summed E-state index contributed by atoms with van der Waals surface area (Å²) in [5.74, 6) is -0.521. The zero-order valence-corrected chi connectivity index (χ0v) is 15.0. The summed E-state index contributed by atoms with van der Waals surface area (Å²) in [4.78, 5) is 12.5. The molecule has 0 saturated heterocycles. The van der Waals surface area contributed by atoms with Crippen molar-refractivity contribution in [1.82, 2.24) is 0 Å². The van der Waals surface area contributed by atoms with Crippen molar-refractivity contribution in [2.45, 2.75) is 0 Å². The average Bonchev–Trinajstić information content (AvgIpc) is 2.56. The standard InChI is InChI=1S/C19H12F2INO2/c20-12-4-3-5-14(10-12)25-18-7-2-1-6-17(18)23-19(24)15-9-8-13(21)11-16(15)22/h1-11H,(H,23,24). The molecule has 1 amide bonds. The molecule has 3 nitrogen and oxygen atoms in total. The lowest BCUT2D eigenvalue weighted by molar-refractivity contribution is 0.102. The van der Waals surface area contributed by atoms with Crippen LogP contribution in [-0.4, -0.2) is 5.91 Å². The van der Waals surface area contributed by atoms with E-state index in [1.165, 1.54) is 36.4 Å². The van der Waals surface area contributed by atoms with Crippen molar-refractivity contribution in [3.8, 4) is 11.5 Å². The molecule has 0 spiro atoms. The van der Waals surface area contributed by atoms with Gasteiger partial charge in [-0.1, -0.05) is 18.2 Å². The molecule has 0 fully saturated rings. The van der Waals surface area contributed by atoms with Gasteiger partial charge in [-0.15, -0.1) is 0 Å². The Labute approximate surface area is 156 Å². The lowest BCUT2D eigenvalue weighted by Gasteiger charge is -2.13. The van der Waals surface area contributed by atoms with E-state index in [-0.39, 0.29) is 5.91 Å². The molecule has 6 heteroatoms. The minimum Gasteiger partial charge on any atom is -0.455 e. The van der Waals surface area contributed by atoms with Gasteiger partial charge in [0, 0.05) is 9.64 Å². The van der Waals surface area contributed by atoms with Crippen molar-refractivity contribution in [1.29, 1.82) is 0 Å². The summed E-state index contributed by atoms with van der Waals surface area (Å²) >= 11 is 1.90. The van der Waals surface area contributed by atoms with E-state index in [1.807, 2.05) is 22.6 Å². The second-order valence-electron chi connectivity index (χ2n) is 5.13. The Morgan fingerprint density at radius 3 is 2.44 bits per heavy atom. The van der Waals surface area contributed by atoms with Gasteiger partial charge in [0.2, 0.25) is 0 Å². The first-order valence-electron chi connectivity index (χ1n) is 7.32. The van der Waals surface area contributed by atoms with Crippen LogP contribution in [-0.2, 0) is 0 Å². The van der Waals surface area contributed by atoms with Crippen molar-refractivity contribution in [3.63, 3.8) is 0 Å². The molecular formula is C19H12F2INO2. The minimum atomic E-state index is -0.417. The van der Waals surface area contributed by atoms with Crippen LogP contribution >= 0.6 is 22.6 Å². The predicted octanol–water partition coefficient (Wildman–Crippen LogP) is 5.61. The first-order valence-corrected chi connectivity index (χ1v) is 8.39. The van der Waals surface area contributed by atoms with Gasteiger partial charge in [-0.25, -0.2) is 8.78 Å². The molecule has 0 bridgehead atoms. The normalized spacial score (nSPS) is 10.4. The van der Waals surface area contributed by atoms with E-state index in [4.69, 9.17) is 4.74 Å². The number of anilines is 1. The molecule has 25 heavy (non-hydrogen) atoms. The van der Waals surface area contributed by atoms with E-state index in [0.29, 0.717) is 26.3 Å². The van der Waals surface area contributed by atoms with Crippen molar-refractivity contribution in [2.24, 2.45) is 0 Å². The van der Waals surface area contributed by atoms with Gasteiger partial charge in [0.25, 0.3) is 5.91 Å². The van der Waals surface area contributed by atoms with Crippen LogP contribution in [0.3, 0.4) is 0 Å². The maximum atomic E-state index is 13.3. The Bertz CT molecular complexity index is 931. The van der Waals surface area contributed by atoms with E-state index < -0.39 is 11.6 Å².